The molecule has 2 heterocycles. The molecule has 0 aliphatic carbocycles. The van der Waals surface area contributed by atoms with Crippen LogP contribution in [0.4, 0.5) is 5.82 Å². The zero-order valence-electron chi connectivity index (χ0n) is 9.61. The molecule has 0 unspecified atom stereocenters. The Balaban J connectivity index is 2.02. The SMILES string of the molecule is CNc1ncc(C(=O)NCc2cscn2)cc1Cl. The Morgan fingerprint density at radius 1 is 1.50 bits per heavy atom. The van der Waals surface area contributed by atoms with Crippen LogP contribution in [0.25, 0.3) is 0 Å². The highest BCUT2D eigenvalue weighted by molar-refractivity contribution is 7.07. The van der Waals surface area contributed by atoms with E-state index in [0.29, 0.717) is 22.9 Å². The Bertz CT molecular complexity index is 544. The second-order valence-corrected chi connectivity index (χ2v) is 4.59. The van der Waals surface area contributed by atoms with Crippen LogP contribution in [0.15, 0.2) is 23.2 Å². The number of hydrogen-bond donors (Lipinski definition) is 2. The predicted octanol–water partition coefficient (Wildman–Crippen LogP) is 2.16. The van der Waals surface area contributed by atoms with E-state index in [1.54, 1.807) is 18.6 Å². The molecular weight excluding hydrogens is 272 g/mol. The van der Waals surface area contributed by atoms with Crippen molar-refractivity contribution >= 4 is 34.7 Å². The molecule has 0 aliphatic rings. The standard InChI is InChI=1S/C11H11ClN4OS/c1-13-10-9(12)2-7(3-14-10)11(17)15-4-8-5-18-6-16-8/h2-3,5-6H,4H2,1H3,(H,13,14)(H,15,17). The number of nitrogens with one attached hydrogen (secondary N) is 2. The van der Waals surface area contributed by atoms with Crippen LogP contribution >= 0.6 is 22.9 Å². The van der Waals surface area contributed by atoms with Crippen molar-refractivity contribution in [3.63, 3.8) is 0 Å². The van der Waals surface area contributed by atoms with Gasteiger partial charge in [0, 0.05) is 18.6 Å². The van der Waals surface area contributed by atoms with Gasteiger partial charge in [0.15, 0.2) is 0 Å². The first-order valence-electron chi connectivity index (χ1n) is 5.19. The molecule has 0 saturated heterocycles. The molecule has 0 spiro atoms. The molecule has 0 aliphatic heterocycles. The lowest BCUT2D eigenvalue weighted by Crippen LogP contribution is -2.23. The number of rotatable bonds is 4. The van der Waals surface area contributed by atoms with E-state index < -0.39 is 0 Å². The van der Waals surface area contributed by atoms with Gasteiger partial charge in [0.05, 0.1) is 28.3 Å². The van der Waals surface area contributed by atoms with Crippen LogP contribution in [0, 0.1) is 0 Å². The fourth-order valence-corrected chi connectivity index (χ4v) is 2.16. The molecule has 0 bridgehead atoms. The zero-order chi connectivity index (χ0) is 13.0. The maximum atomic E-state index is 11.8. The minimum Gasteiger partial charge on any atom is -0.372 e. The monoisotopic (exact) mass is 282 g/mol. The predicted molar refractivity (Wildman–Crippen MR) is 72.1 cm³/mol. The van der Waals surface area contributed by atoms with Crippen LogP contribution in [0.1, 0.15) is 16.1 Å². The number of amides is 1. The Hall–Kier alpha value is -1.66. The van der Waals surface area contributed by atoms with Crippen molar-refractivity contribution < 1.29 is 4.79 Å². The molecule has 7 heteroatoms. The van der Waals surface area contributed by atoms with Gasteiger partial charge >= 0.3 is 0 Å². The second kappa shape index (κ2) is 5.79. The van der Waals surface area contributed by atoms with Gasteiger partial charge < -0.3 is 10.6 Å². The number of hydrogen-bond acceptors (Lipinski definition) is 5. The summed E-state index contributed by atoms with van der Waals surface area (Å²) >= 11 is 7.45. The number of thiazole rings is 1. The Morgan fingerprint density at radius 3 is 2.94 bits per heavy atom. The molecule has 0 saturated carbocycles. The number of aromatic nitrogens is 2. The lowest BCUT2D eigenvalue weighted by molar-refractivity contribution is 0.0950. The van der Waals surface area contributed by atoms with Crippen molar-refractivity contribution in [2.24, 2.45) is 0 Å². The minimum atomic E-state index is -0.222. The van der Waals surface area contributed by atoms with Gasteiger partial charge in [-0.3, -0.25) is 4.79 Å². The van der Waals surface area contributed by atoms with Gasteiger partial charge in [-0.1, -0.05) is 11.6 Å². The highest BCUT2D eigenvalue weighted by Gasteiger charge is 2.09. The molecule has 0 radical (unpaired) electrons. The molecule has 0 fully saturated rings. The largest absolute Gasteiger partial charge is 0.372 e. The van der Waals surface area contributed by atoms with Crippen LogP contribution in [0.2, 0.25) is 5.02 Å². The first kappa shape index (κ1) is 12.8. The summed E-state index contributed by atoms with van der Waals surface area (Å²) in [5.41, 5.74) is 2.98. The smallest absolute Gasteiger partial charge is 0.253 e. The van der Waals surface area contributed by atoms with Gasteiger partial charge in [-0.15, -0.1) is 11.3 Å². The summed E-state index contributed by atoms with van der Waals surface area (Å²) in [5, 5.41) is 7.88. The highest BCUT2D eigenvalue weighted by atomic mass is 35.5. The molecule has 2 N–H and O–H groups in total. The quantitative estimate of drug-likeness (QED) is 0.902. The lowest BCUT2D eigenvalue weighted by Gasteiger charge is -2.06. The van der Waals surface area contributed by atoms with Crippen molar-refractivity contribution in [3.05, 3.63) is 39.4 Å². The Morgan fingerprint density at radius 2 is 2.33 bits per heavy atom. The molecule has 0 aromatic carbocycles. The Kier molecular flexibility index (Phi) is 4.11. The van der Waals surface area contributed by atoms with E-state index in [2.05, 4.69) is 20.6 Å². The molecule has 2 aromatic heterocycles. The van der Waals surface area contributed by atoms with Crippen molar-refractivity contribution in [1.82, 2.24) is 15.3 Å². The summed E-state index contributed by atoms with van der Waals surface area (Å²) in [6.07, 6.45) is 1.48. The van der Waals surface area contributed by atoms with E-state index >= 15 is 0 Å². The van der Waals surface area contributed by atoms with Crippen molar-refractivity contribution in [2.75, 3.05) is 12.4 Å². The molecule has 5 nitrogen and oxygen atoms in total. The van der Waals surface area contributed by atoms with Crippen LogP contribution in [0.3, 0.4) is 0 Å². The average Bonchev–Trinajstić information content (AvgIpc) is 2.89. The summed E-state index contributed by atoms with van der Waals surface area (Å²) in [6, 6.07) is 1.58. The van der Waals surface area contributed by atoms with Crippen LogP contribution in [0.5, 0.6) is 0 Å². The van der Waals surface area contributed by atoms with Crippen molar-refractivity contribution in [2.45, 2.75) is 6.54 Å². The third-order valence-electron chi connectivity index (χ3n) is 2.25. The lowest BCUT2D eigenvalue weighted by atomic mass is 10.2. The fraction of sp³-hybridized carbons (Fsp3) is 0.182. The summed E-state index contributed by atoms with van der Waals surface area (Å²) in [4.78, 5) is 20.0. The van der Waals surface area contributed by atoms with Gasteiger partial charge in [-0.25, -0.2) is 9.97 Å². The van der Waals surface area contributed by atoms with E-state index in [0.717, 1.165) is 5.69 Å². The second-order valence-electron chi connectivity index (χ2n) is 3.47. The van der Waals surface area contributed by atoms with Gasteiger partial charge in [-0.05, 0) is 6.07 Å². The van der Waals surface area contributed by atoms with Crippen molar-refractivity contribution in [1.29, 1.82) is 0 Å². The van der Waals surface area contributed by atoms with Gasteiger partial charge in [0.2, 0.25) is 0 Å². The fourth-order valence-electron chi connectivity index (χ4n) is 1.34. The summed E-state index contributed by atoms with van der Waals surface area (Å²) in [6.45, 7) is 0.397. The third-order valence-corrected chi connectivity index (χ3v) is 3.18. The minimum absolute atomic E-state index is 0.222. The topological polar surface area (TPSA) is 66.9 Å². The molecule has 2 aromatic rings. The van der Waals surface area contributed by atoms with Crippen LogP contribution in [-0.4, -0.2) is 22.9 Å². The van der Waals surface area contributed by atoms with E-state index in [9.17, 15) is 4.79 Å². The number of pyridine rings is 1. The summed E-state index contributed by atoms with van der Waals surface area (Å²) in [5.74, 6) is 0.327. The third kappa shape index (κ3) is 2.96. The first-order chi connectivity index (χ1) is 8.70. The molecule has 0 atom stereocenters. The molecule has 94 valence electrons. The van der Waals surface area contributed by atoms with Gasteiger partial charge in [0.1, 0.15) is 5.82 Å². The molecular formula is C11H11ClN4OS. The molecule has 1 amide bonds. The number of anilines is 1. The Labute approximate surface area is 113 Å². The van der Waals surface area contributed by atoms with E-state index in [-0.39, 0.29) is 5.91 Å². The number of carbonyl (C=O) groups excluding carboxylic acids is 1. The normalized spacial score (nSPS) is 10.1. The highest BCUT2D eigenvalue weighted by Crippen LogP contribution is 2.19. The number of halogens is 1. The van der Waals surface area contributed by atoms with E-state index in [1.165, 1.54) is 17.5 Å². The molecule has 18 heavy (non-hydrogen) atoms. The van der Waals surface area contributed by atoms with Crippen LogP contribution < -0.4 is 10.6 Å². The number of carbonyl (C=O) groups is 1. The maximum Gasteiger partial charge on any atom is 0.253 e. The van der Waals surface area contributed by atoms with Gasteiger partial charge in [0.25, 0.3) is 5.91 Å². The van der Waals surface area contributed by atoms with Gasteiger partial charge in [-0.2, -0.15) is 0 Å². The summed E-state index contributed by atoms with van der Waals surface area (Å²) < 4.78 is 0. The average molecular weight is 283 g/mol. The van der Waals surface area contributed by atoms with E-state index in [1.807, 2.05) is 5.38 Å². The first-order valence-corrected chi connectivity index (χ1v) is 6.51. The zero-order valence-corrected chi connectivity index (χ0v) is 11.2. The summed E-state index contributed by atoms with van der Waals surface area (Å²) in [7, 11) is 1.72. The van der Waals surface area contributed by atoms with Crippen molar-refractivity contribution in [3.8, 4) is 0 Å². The van der Waals surface area contributed by atoms with E-state index in [4.69, 9.17) is 11.6 Å². The number of nitrogens with zero attached hydrogens (tertiary/aromatic N) is 2. The maximum absolute atomic E-state index is 11.8. The molecule has 2 rings (SSSR count). The van der Waals surface area contributed by atoms with Crippen LogP contribution in [-0.2, 0) is 6.54 Å².